The Morgan fingerprint density at radius 2 is 1.59 bits per heavy atom. The van der Waals surface area contributed by atoms with Gasteiger partial charge in [-0.2, -0.15) is 0 Å². The Bertz CT molecular complexity index is 878. The highest BCUT2D eigenvalue weighted by Crippen LogP contribution is 2.15. The highest BCUT2D eigenvalue weighted by molar-refractivity contribution is 7.89. The van der Waals surface area contributed by atoms with E-state index in [1.54, 1.807) is 24.3 Å². The van der Waals surface area contributed by atoms with Gasteiger partial charge >= 0.3 is 0 Å². The average molecular weight is 388 g/mol. The van der Waals surface area contributed by atoms with Crippen LogP contribution in [0.2, 0.25) is 0 Å². The summed E-state index contributed by atoms with van der Waals surface area (Å²) in [6.07, 6.45) is 0.430. The van der Waals surface area contributed by atoms with Crippen LogP contribution >= 0.6 is 0 Å². The fourth-order valence-electron chi connectivity index (χ4n) is 2.63. The minimum Gasteiger partial charge on any atom is -0.311 e. The monoisotopic (exact) mass is 388 g/mol. The smallest absolute Gasteiger partial charge is 0.223 e. The number of hydrogen-bond donors (Lipinski definition) is 1. The first-order valence-electron chi connectivity index (χ1n) is 8.69. The van der Waals surface area contributed by atoms with Crippen molar-refractivity contribution in [3.63, 3.8) is 0 Å². The molecule has 0 atom stereocenters. The number of carbonyl (C=O) groups excluding carboxylic acids is 2. The highest BCUT2D eigenvalue weighted by atomic mass is 32.2. The molecule has 0 aliphatic heterocycles. The molecular weight excluding hydrogens is 364 g/mol. The summed E-state index contributed by atoms with van der Waals surface area (Å²) in [5.41, 5.74) is 2.14. The van der Waals surface area contributed by atoms with Crippen LogP contribution in [-0.4, -0.2) is 39.0 Å². The number of hydrogen-bond acceptors (Lipinski definition) is 4. The molecule has 6 nitrogen and oxygen atoms in total. The molecule has 0 spiro atoms. The Morgan fingerprint density at radius 3 is 2.15 bits per heavy atom. The number of nitrogens with one attached hydrogen (secondary N) is 1. The van der Waals surface area contributed by atoms with E-state index >= 15 is 0 Å². The number of rotatable bonds is 9. The maximum Gasteiger partial charge on any atom is 0.223 e. The van der Waals surface area contributed by atoms with E-state index in [-0.39, 0.29) is 30.5 Å². The Balaban J connectivity index is 1.91. The predicted molar refractivity (Wildman–Crippen MR) is 106 cm³/mol. The third-order valence-electron chi connectivity index (χ3n) is 4.13. The fraction of sp³-hybridized carbons (Fsp3) is 0.300. The zero-order valence-electron chi connectivity index (χ0n) is 15.5. The number of amides is 1. The summed E-state index contributed by atoms with van der Waals surface area (Å²) in [6.45, 7) is 3.22. The van der Waals surface area contributed by atoms with Gasteiger partial charge in [-0.05, 0) is 43.2 Å². The van der Waals surface area contributed by atoms with Crippen molar-refractivity contribution in [3.8, 4) is 0 Å². The molecule has 7 heteroatoms. The molecule has 27 heavy (non-hydrogen) atoms. The summed E-state index contributed by atoms with van der Waals surface area (Å²) in [5, 5.41) is 0. The molecule has 0 heterocycles. The molecule has 0 aromatic heterocycles. The molecule has 2 rings (SSSR count). The van der Waals surface area contributed by atoms with Crippen molar-refractivity contribution < 1.29 is 18.0 Å². The fourth-order valence-corrected chi connectivity index (χ4v) is 3.68. The summed E-state index contributed by atoms with van der Waals surface area (Å²) < 4.78 is 26.9. The molecule has 0 bridgehead atoms. The lowest BCUT2D eigenvalue weighted by atomic mass is 10.1. The minimum absolute atomic E-state index is 0.00953. The van der Waals surface area contributed by atoms with E-state index in [1.165, 1.54) is 18.7 Å². The van der Waals surface area contributed by atoms with Crippen molar-refractivity contribution in [2.24, 2.45) is 0 Å². The molecule has 2 aromatic rings. The Morgan fingerprint density at radius 1 is 0.963 bits per heavy atom. The zero-order chi connectivity index (χ0) is 19.9. The summed E-state index contributed by atoms with van der Waals surface area (Å²) in [4.78, 5) is 24.7. The van der Waals surface area contributed by atoms with Crippen LogP contribution in [0.3, 0.4) is 0 Å². The van der Waals surface area contributed by atoms with Crippen LogP contribution in [-0.2, 0) is 21.2 Å². The van der Waals surface area contributed by atoms with Gasteiger partial charge in [0.2, 0.25) is 15.9 Å². The van der Waals surface area contributed by atoms with Crippen LogP contribution in [0.15, 0.2) is 54.6 Å². The van der Waals surface area contributed by atoms with Gasteiger partial charge in [-0.1, -0.05) is 30.3 Å². The van der Waals surface area contributed by atoms with Crippen LogP contribution in [0, 0.1) is 0 Å². The van der Waals surface area contributed by atoms with Crippen molar-refractivity contribution in [3.05, 3.63) is 65.7 Å². The lowest BCUT2D eigenvalue weighted by Gasteiger charge is -2.21. The van der Waals surface area contributed by atoms with Crippen molar-refractivity contribution in [1.29, 1.82) is 0 Å². The van der Waals surface area contributed by atoms with E-state index in [2.05, 4.69) is 4.72 Å². The average Bonchev–Trinajstić information content (AvgIpc) is 2.64. The molecule has 0 radical (unpaired) electrons. The molecule has 0 saturated carbocycles. The van der Waals surface area contributed by atoms with E-state index in [9.17, 15) is 18.0 Å². The second-order valence-electron chi connectivity index (χ2n) is 6.22. The molecule has 1 N–H and O–H groups in total. The number of benzene rings is 2. The topological polar surface area (TPSA) is 83.6 Å². The van der Waals surface area contributed by atoms with Crippen molar-refractivity contribution >= 4 is 27.4 Å². The van der Waals surface area contributed by atoms with Crippen molar-refractivity contribution in [2.45, 2.75) is 20.3 Å². The second-order valence-corrected chi connectivity index (χ2v) is 8.15. The number of carbonyl (C=O) groups is 2. The van der Waals surface area contributed by atoms with E-state index < -0.39 is 10.0 Å². The predicted octanol–water partition coefficient (Wildman–Crippen LogP) is 2.40. The Labute approximate surface area is 160 Å². The first-order valence-corrected chi connectivity index (χ1v) is 10.3. The SMILES string of the molecule is CC(=O)c1ccc(N(CCNS(=O)(=O)CCc2ccccc2)C(C)=O)cc1. The van der Waals surface area contributed by atoms with Crippen LogP contribution in [0.5, 0.6) is 0 Å². The molecular formula is C20H24N2O4S. The van der Waals surface area contributed by atoms with E-state index in [0.717, 1.165) is 5.56 Å². The number of nitrogens with zero attached hydrogens (tertiary/aromatic N) is 1. The number of ketones is 1. The normalized spacial score (nSPS) is 11.2. The van der Waals surface area contributed by atoms with Crippen molar-refractivity contribution in [1.82, 2.24) is 4.72 Å². The maximum atomic E-state index is 12.2. The van der Waals surface area contributed by atoms with Gasteiger partial charge in [0.1, 0.15) is 0 Å². The third-order valence-corrected chi connectivity index (χ3v) is 5.51. The molecule has 0 aliphatic carbocycles. The molecule has 0 saturated heterocycles. The number of anilines is 1. The molecule has 1 amide bonds. The zero-order valence-corrected chi connectivity index (χ0v) is 16.3. The Hall–Kier alpha value is -2.51. The first-order chi connectivity index (χ1) is 12.8. The van der Waals surface area contributed by atoms with Gasteiger partial charge in [-0.25, -0.2) is 13.1 Å². The van der Waals surface area contributed by atoms with Gasteiger partial charge < -0.3 is 4.90 Å². The molecule has 0 unspecified atom stereocenters. The van der Waals surface area contributed by atoms with Crippen LogP contribution < -0.4 is 9.62 Å². The number of sulfonamides is 1. The summed E-state index contributed by atoms with van der Waals surface area (Å²) in [7, 11) is -3.43. The van der Waals surface area contributed by atoms with Gasteiger partial charge in [-0.15, -0.1) is 0 Å². The lowest BCUT2D eigenvalue weighted by molar-refractivity contribution is -0.116. The Kier molecular flexibility index (Phi) is 7.27. The van der Waals surface area contributed by atoms with Gasteiger partial charge in [0, 0.05) is 31.3 Å². The van der Waals surface area contributed by atoms with E-state index in [4.69, 9.17) is 0 Å². The number of aryl methyl sites for hydroxylation is 1. The first kappa shape index (κ1) is 20.8. The molecule has 144 valence electrons. The van der Waals surface area contributed by atoms with Crippen molar-refractivity contribution in [2.75, 3.05) is 23.7 Å². The minimum atomic E-state index is -3.43. The molecule has 0 aliphatic rings. The van der Waals surface area contributed by atoms with Gasteiger partial charge in [-0.3, -0.25) is 9.59 Å². The summed E-state index contributed by atoms with van der Waals surface area (Å²) in [5.74, 6) is -0.263. The van der Waals surface area contributed by atoms with E-state index in [1.807, 2.05) is 30.3 Å². The second kappa shape index (κ2) is 9.43. The van der Waals surface area contributed by atoms with Crippen LogP contribution in [0.4, 0.5) is 5.69 Å². The highest BCUT2D eigenvalue weighted by Gasteiger charge is 2.15. The standard InChI is InChI=1S/C20H24N2O4S/c1-16(23)19-8-10-20(11-9-19)22(17(2)24)14-13-21-27(25,26)15-12-18-6-4-3-5-7-18/h3-11,21H,12-15H2,1-2H3. The van der Waals surface area contributed by atoms with Gasteiger partial charge in [0.15, 0.2) is 5.78 Å². The largest absolute Gasteiger partial charge is 0.311 e. The quantitative estimate of drug-likeness (QED) is 0.669. The number of Topliss-reactive ketones (excluding diaryl/α,β-unsaturated/α-hetero) is 1. The van der Waals surface area contributed by atoms with E-state index in [0.29, 0.717) is 17.7 Å². The molecule has 2 aromatic carbocycles. The third kappa shape index (κ3) is 6.62. The molecule has 0 fully saturated rings. The summed E-state index contributed by atoms with van der Waals surface area (Å²) in [6, 6.07) is 16.1. The maximum absolute atomic E-state index is 12.2. The van der Waals surface area contributed by atoms with Crippen LogP contribution in [0.1, 0.15) is 29.8 Å². The van der Waals surface area contributed by atoms with Gasteiger partial charge in [0.05, 0.1) is 5.75 Å². The summed E-state index contributed by atoms with van der Waals surface area (Å²) >= 11 is 0. The lowest BCUT2D eigenvalue weighted by Crippen LogP contribution is -2.38. The van der Waals surface area contributed by atoms with Gasteiger partial charge in [0.25, 0.3) is 0 Å². The van der Waals surface area contributed by atoms with Crippen LogP contribution in [0.25, 0.3) is 0 Å².